The molecule has 0 heterocycles. The van der Waals surface area contributed by atoms with Crippen molar-refractivity contribution in [3.05, 3.63) is 29.3 Å². The molecule has 0 aliphatic carbocycles. The van der Waals surface area contributed by atoms with E-state index in [4.69, 9.17) is 11.6 Å². The molecule has 0 aliphatic heterocycles. The standard InChI is InChI=1S/C7H8ClNS/c1-9-10-7-4-2-3-6(8)5-7/h2-5,9H,1H3. The van der Waals surface area contributed by atoms with E-state index in [0.29, 0.717) is 0 Å². The first kappa shape index (κ1) is 7.92. The van der Waals surface area contributed by atoms with Crippen molar-refractivity contribution in [1.29, 1.82) is 0 Å². The first-order valence-electron chi connectivity index (χ1n) is 2.92. The normalized spacial score (nSPS) is 9.80. The summed E-state index contributed by atoms with van der Waals surface area (Å²) in [7, 11) is 1.88. The van der Waals surface area contributed by atoms with Crippen LogP contribution in [0.25, 0.3) is 0 Å². The van der Waals surface area contributed by atoms with Crippen LogP contribution in [0, 0.1) is 0 Å². The van der Waals surface area contributed by atoms with Gasteiger partial charge in [0.15, 0.2) is 0 Å². The van der Waals surface area contributed by atoms with Crippen molar-refractivity contribution in [2.45, 2.75) is 4.90 Å². The molecular weight excluding hydrogens is 166 g/mol. The van der Waals surface area contributed by atoms with E-state index in [1.54, 1.807) is 11.9 Å². The van der Waals surface area contributed by atoms with Crippen LogP contribution in [0.4, 0.5) is 0 Å². The lowest BCUT2D eigenvalue weighted by molar-refractivity contribution is 1.28. The maximum atomic E-state index is 5.74. The lowest BCUT2D eigenvalue weighted by atomic mass is 10.4. The molecule has 0 saturated carbocycles. The molecule has 0 unspecified atom stereocenters. The molecule has 0 aromatic heterocycles. The van der Waals surface area contributed by atoms with Crippen molar-refractivity contribution in [1.82, 2.24) is 4.72 Å². The van der Waals surface area contributed by atoms with Gasteiger partial charge in [0.2, 0.25) is 0 Å². The second-order valence-corrected chi connectivity index (χ2v) is 3.28. The second-order valence-electron chi connectivity index (χ2n) is 1.76. The number of rotatable bonds is 2. The quantitative estimate of drug-likeness (QED) is 0.690. The summed E-state index contributed by atoms with van der Waals surface area (Å²) in [4.78, 5) is 1.13. The van der Waals surface area contributed by atoms with E-state index in [9.17, 15) is 0 Å². The van der Waals surface area contributed by atoms with Crippen molar-refractivity contribution < 1.29 is 0 Å². The fraction of sp³-hybridized carbons (Fsp3) is 0.143. The minimum atomic E-state index is 0.778. The molecule has 1 rings (SSSR count). The van der Waals surface area contributed by atoms with Crippen LogP contribution in [0.1, 0.15) is 0 Å². The van der Waals surface area contributed by atoms with Crippen molar-refractivity contribution in [3.63, 3.8) is 0 Å². The van der Waals surface area contributed by atoms with Gasteiger partial charge in [-0.25, -0.2) is 0 Å². The predicted octanol–water partition coefficient (Wildman–Crippen LogP) is 2.57. The molecule has 0 radical (unpaired) electrons. The monoisotopic (exact) mass is 173 g/mol. The Morgan fingerprint density at radius 1 is 1.50 bits per heavy atom. The topological polar surface area (TPSA) is 12.0 Å². The van der Waals surface area contributed by atoms with Gasteiger partial charge in [0, 0.05) is 9.92 Å². The lowest BCUT2D eigenvalue weighted by Gasteiger charge is -1.97. The lowest BCUT2D eigenvalue weighted by Crippen LogP contribution is -1.89. The molecule has 10 heavy (non-hydrogen) atoms. The highest BCUT2D eigenvalue weighted by molar-refractivity contribution is 7.97. The molecule has 0 bridgehead atoms. The Morgan fingerprint density at radius 3 is 2.90 bits per heavy atom. The third kappa shape index (κ3) is 2.21. The van der Waals surface area contributed by atoms with E-state index in [0.717, 1.165) is 9.92 Å². The number of nitrogens with one attached hydrogen (secondary N) is 1. The molecule has 0 saturated heterocycles. The van der Waals surface area contributed by atoms with E-state index < -0.39 is 0 Å². The largest absolute Gasteiger partial charge is 0.263 e. The molecule has 54 valence electrons. The maximum absolute atomic E-state index is 5.74. The molecule has 3 heteroatoms. The van der Waals surface area contributed by atoms with Crippen LogP contribution < -0.4 is 4.72 Å². The van der Waals surface area contributed by atoms with Crippen molar-refractivity contribution in [3.8, 4) is 0 Å². The molecule has 0 amide bonds. The molecule has 1 nitrogen and oxygen atoms in total. The number of benzene rings is 1. The highest BCUT2D eigenvalue weighted by atomic mass is 35.5. The average Bonchev–Trinajstić information content (AvgIpc) is 1.88. The van der Waals surface area contributed by atoms with Crippen LogP contribution in [-0.2, 0) is 0 Å². The molecule has 0 atom stereocenters. The highest BCUT2D eigenvalue weighted by Crippen LogP contribution is 2.17. The molecule has 1 aromatic carbocycles. The Hall–Kier alpha value is -0.180. The van der Waals surface area contributed by atoms with Gasteiger partial charge in [-0.2, -0.15) is 0 Å². The van der Waals surface area contributed by atoms with Gasteiger partial charge in [-0.05, 0) is 37.2 Å². The highest BCUT2D eigenvalue weighted by Gasteiger charge is 1.90. The number of hydrogen-bond donors (Lipinski definition) is 1. The van der Waals surface area contributed by atoms with Gasteiger partial charge in [0.05, 0.1) is 0 Å². The van der Waals surface area contributed by atoms with Crippen molar-refractivity contribution in [2.75, 3.05) is 7.05 Å². The molecule has 1 aromatic rings. The zero-order valence-electron chi connectivity index (χ0n) is 5.60. The molecular formula is C7H8ClNS. The summed E-state index contributed by atoms with van der Waals surface area (Å²) in [6, 6.07) is 7.72. The van der Waals surface area contributed by atoms with Gasteiger partial charge >= 0.3 is 0 Å². The summed E-state index contributed by atoms with van der Waals surface area (Å²) in [6.07, 6.45) is 0. The van der Waals surface area contributed by atoms with Gasteiger partial charge < -0.3 is 0 Å². The SMILES string of the molecule is CNSc1cccc(Cl)c1. The first-order valence-corrected chi connectivity index (χ1v) is 4.11. The van der Waals surface area contributed by atoms with Crippen LogP contribution in [0.2, 0.25) is 5.02 Å². The van der Waals surface area contributed by atoms with Gasteiger partial charge in [-0.15, -0.1) is 0 Å². The predicted molar refractivity (Wildman–Crippen MR) is 46.4 cm³/mol. The molecule has 0 fully saturated rings. The van der Waals surface area contributed by atoms with Crippen molar-refractivity contribution in [2.24, 2.45) is 0 Å². The summed E-state index contributed by atoms with van der Waals surface area (Å²) in [5.41, 5.74) is 0. The Kier molecular flexibility index (Phi) is 3.06. The summed E-state index contributed by atoms with van der Waals surface area (Å²) in [5, 5.41) is 0.778. The molecule has 0 spiro atoms. The fourth-order valence-electron chi connectivity index (χ4n) is 0.648. The van der Waals surface area contributed by atoms with Crippen LogP contribution in [0.3, 0.4) is 0 Å². The van der Waals surface area contributed by atoms with E-state index in [1.807, 2.05) is 31.3 Å². The van der Waals surface area contributed by atoms with Gasteiger partial charge in [-0.1, -0.05) is 17.7 Å². The zero-order valence-corrected chi connectivity index (χ0v) is 7.17. The minimum Gasteiger partial charge on any atom is -0.263 e. The van der Waals surface area contributed by atoms with E-state index in [-0.39, 0.29) is 0 Å². The summed E-state index contributed by atoms with van der Waals surface area (Å²) in [5.74, 6) is 0. The van der Waals surface area contributed by atoms with Crippen LogP contribution in [0.5, 0.6) is 0 Å². The second kappa shape index (κ2) is 3.86. The van der Waals surface area contributed by atoms with Crippen LogP contribution in [0.15, 0.2) is 29.2 Å². The average molecular weight is 174 g/mol. The first-order chi connectivity index (χ1) is 4.83. The minimum absolute atomic E-state index is 0.778. The van der Waals surface area contributed by atoms with E-state index in [1.165, 1.54) is 0 Å². The molecule has 0 aliphatic rings. The third-order valence-corrected chi connectivity index (χ3v) is 1.94. The van der Waals surface area contributed by atoms with E-state index in [2.05, 4.69) is 4.72 Å². The smallest absolute Gasteiger partial charge is 0.0417 e. The Bertz CT molecular complexity index is 215. The Labute approximate surface area is 69.9 Å². The van der Waals surface area contributed by atoms with Crippen molar-refractivity contribution >= 4 is 23.5 Å². The van der Waals surface area contributed by atoms with Gasteiger partial charge in [0.25, 0.3) is 0 Å². The maximum Gasteiger partial charge on any atom is 0.0417 e. The Balaban J connectivity index is 2.75. The van der Waals surface area contributed by atoms with E-state index >= 15 is 0 Å². The fourth-order valence-corrected chi connectivity index (χ4v) is 1.47. The summed E-state index contributed by atoms with van der Waals surface area (Å²) >= 11 is 7.29. The summed E-state index contributed by atoms with van der Waals surface area (Å²) < 4.78 is 2.97. The number of hydrogen-bond acceptors (Lipinski definition) is 2. The molecule has 1 N–H and O–H groups in total. The number of halogens is 1. The van der Waals surface area contributed by atoms with Gasteiger partial charge in [0.1, 0.15) is 0 Å². The van der Waals surface area contributed by atoms with Crippen LogP contribution in [-0.4, -0.2) is 7.05 Å². The third-order valence-electron chi connectivity index (χ3n) is 1.02. The Morgan fingerprint density at radius 2 is 2.30 bits per heavy atom. The summed E-state index contributed by atoms with van der Waals surface area (Å²) in [6.45, 7) is 0. The zero-order chi connectivity index (χ0) is 7.40. The van der Waals surface area contributed by atoms with Gasteiger partial charge in [-0.3, -0.25) is 4.72 Å². The van der Waals surface area contributed by atoms with Crippen LogP contribution >= 0.6 is 23.5 Å².